The van der Waals surface area contributed by atoms with Crippen molar-refractivity contribution in [2.75, 3.05) is 5.75 Å². The van der Waals surface area contributed by atoms with E-state index >= 15 is 0 Å². The van der Waals surface area contributed by atoms with E-state index in [-0.39, 0.29) is 11.6 Å². The molecule has 0 unspecified atom stereocenters. The summed E-state index contributed by atoms with van der Waals surface area (Å²) >= 11 is 2.02. The topological polar surface area (TPSA) is 41.1 Å². The molecule has 2 amide bonds. The van der Waals surface area contributed by atoms with Gasteiger partial charge in [-0.3, -0.25) is 0 Å². The third kappa shape index (κ3) is 2.72. The predicted octanol–water partition coefficient (Wildman–Crippen LogP) is 2.76. The Hall–Kier alpha value is -0.380. The minimum Gasteiger partial charge on any atom is -0.332 e. The molecule has 3 nitrogen and oxygen atoms in total. The maximum atomic E-state index is 11.4. The molecule has 3 atom stereocenters. The standard InChI is InChI=1S/C13H24N2OS/c1-9(2)6-4-5-7-11-13(3)10(8-17-11)14-12(16)15-13/h9-11H,4-8H2,1-3H3,(H2,14,15,16)/t10-,11-,13-/m0/s1. The number of unbranched alkanes of at least 4 members (excludes halogenated alkanes) is 1. The summed E-state index contributed by atoms with van der Waals surface area (Å²) in [6.07, 6.45) is 5.15. The Morgan fingerprint density at radius 3 is 2.94 bits per heavy atom. The molecule has 98 valence electrons. The summed E-state index contributed by atoms with van der Waals surface area (Å²) in [5.41, 5.74) is -0.0143. The number of fused-ring (bicyclic) bond motifs is 1. The van der Waals surface area contributed by atoms with Crippen LogP contribution in [0.5, 0.6) is 0 Å². The number of hydrogen-bond acceptors (Lipinski definition) is 2. The number of hydrogen-bond donors (Lipinski definition) is 2. The lowest BCUT2D eigenvalue weighted by Crippen LogP contribution is -2.50. The molecule has 2 rings (SSSR count). The first-order chi connectivity index (χ1) is 8.02. The molecule has 2 N–H and O–H groups in total. The lowest BCUT2D eigenvalue weighted by molar-refractivity contribution is 0.244. The van der Waals surface area contributed by atoms with Gasteiger partial charge in [-0.15, -0.1) is 0 Å². The zero-order valence-corrected chi connectivity index (χ0v) is 11.9. The normalized spacial score (nSPS) is 35.9. The maximum Gasteiger partial charge on any atom is 0.315 e. The summed E-state index contributed by atoms with van der Waals surface area (Å²) in [5, 5.41) is 6.73. The van der Waals surface area contributed by atoms with E-state index in [0.717, 1.165) is 11.7 Å². The Morgan fingerprint density at radius 1 is 1.47 bits per heavy atom. The molecule has 0 aromatic heterocycles. The fraction of sp³-hybridized carbons (Fsp3) is 0.923. The highest BCUT2D eigenvalue weighted by atomic mass is 32.2. The summed E-state index contributed by atoms with van der Waals surface area (Å²) < 4.78 is 0. The van der Waals surface area contributed by atoms with Crippen LogP contribution in [-0.2, 0) is 0 Å². The highest BCUT2D eigenvalue weighted by Crippen LogP contribution is 2.41. The fourth-order valence-electron chi connectivity index (χ4n) is 2.85. The van der Waals surface area contributed by atoms with E-state index in [9.17, 15) is 4.79 Å². The molecule has 2 fully saturated rings. The number of amides is 2. The van der Waals surface area contributed by atoms with E-state index in [2.05, 4.69) is 31.4 Å². The van der Waals surface area contributed by atoms with Crippen molar-refractivity contribution >= 4 is 17.8 Å². The van der Waals surface area contributed by atoms with Gasteiger partial charge in [-0.25, -0.2) is 4.79 Å². The van der Waals surface area contributed by atoms with Gasteiger partial charge >= 0.3 is 6.03 Å². The minimum atomic E-state index is -0.0143. The molecular weight excluding hydrogens is 232 g/mol. The number of carbonyl (C=O) groups is 1. The molecule has 0 aromatic rings. The second-order valence-corrected chi connectivity index (χ2v) is 7.17. The lowest BCUT2D eigenvalue weighted by Gasteiger charge is -2.29. The van der Waals surface area contributed by atoms with Crippen LogP contribution in [0.2, 0.25) is 0 Å². The Balaban J connectivity index is 1.80. The van der Waals surface area contributed by atoms with Crippen LogP contribution in [0.4, 0.5) is 4.79 Å². The second kappa shape index (κ2) is 5.09. The zero-order valence-electron chi connectivity index (χ0n) is 11.1. The van der Waals surface area contributed by atoms with Gasteiger partial charge in [0.2, 0.25) is 0 Å². The molecule has 2 saturated heterocycles. The predicted molar refractivity (Wildman–Crippen MR) is 73.4 cm³/mol. The quantitative estimate of drug-likeness (QED) is 0.586. The first-order valence-corrected chi connectivity index (χ1v) is 7.77. The van der Waals surface area contributed by atoms with Gasteiger partial charge in [0.05, 0.1) is 11.6 Å². The molecule has 0 spiro atoms. The second-order valence-electron chi connectivity index (χ2n) is 5.93. The van der Waals surface area contributed by atoms with Gasteiger partial charge in [-0.1, -0.05) is 33.1 Å². The molecule has 0 aliphatic carbocycles. The van der Waals surface area contributed by atoms with Crippen LogP contribution >= 0.6 is 11.8 Å². The van der Waals surface area contributed by atoms with E-state index in [1.54, 1.807) is 0 Å². The smallest absolute Gasteiger partial charge is 0.315 e. The van der Waals surface area contributed by atoms with Crippen LogP contribution < -0.4 is 10.6 Å². The van der Waals surface area contributed by atoms with Gasteiger partial charge in [-0.2, -0.15) is 11.8 Å². The van der Waals surface area contributed by atoms with Gasteiger partial charge in [0.15, 0.2) is 0 Å². The van der Waals surface area contributed by atoms with Crippen LogP contribution in [0.25, 0.3) is 0 Å². The molecule has 2 aliphatic heterocycles. The van der Waals surface area contributed by atoms with Crippen molar-refractivity contribution in [1.29, 1.82) is 0 Å². The van der Waals surface area contributed by atoms with Crippen molar-refractivity contribution in [2.45, 2.75) is 63.3 Å². The van der Waals surface area contributed by atoms with Crippen LogP contribution in [0.3, 0.4) is 0 Å². The Kier molecular flexibility index (Phi) is 3.91. The molecular formula is C13H24N2OS. The Labute approximate surface area is 108 Å². The SMILES string of the molecule is CC(C)CCCC[C@@H]1SC[C@@H]2NC(=O)N[C@@]21C. The van der Waals surface area contributed by atoms with Gasteiger partial charge < -0.3 is 10.6 Å². The summed E-state index contributed by atoms with van der Waals surface area (Å²) in [4.78, 5) is 11.4. The van der Waals surface area contributed by atoms with Crippen molar-refractivity contribution in [3.8, 4) is 0 Å². The Morgan fingerprint density at radius 2 is 2.24 bits per heavy atom. The molecule has 0 bridgehead atoms. The van der Waals surface area contributed by atoms with Crippen molar-refractivity contribution < 1.29 is 4.79 Å². The number of urea groups is 1. The number of rotatable bonds is 5. The molecule has 0 aromatic carbocycles. The fourth-order valence-corrected chi connectivity index (χ4v) is 4.60. The van der Waals surface area contributed by atoms with Crippen LogP contribution in [0.1, 0.15) is 46.5 Å². The first-order valence-electron chi connectivity index (χ1n) is 6.72. The third-order valence-electron chi connectivity index (χ3n) is 4.04. The van der Waals surface area contributed by atoms with Gasteiger partial charge in [0, 0.05) is 11.0 Å². The number of carbonyl (C=O) groups excluding carboxylic acids is 1. The van der Waals surface area contributed by atoms with Gasteiger partial charge in [-0.05, 0) is 19.3 Å². The van der Waals surface area contributed by atoms with E-state index in [1.165, 1.54) is 25.7 Å². The van der Waals surface area contributed by atoms with Crippen molar-refractivity contribution in [3.05, 3.63) is 0 Å². The van der Waals surface area contributed by atoms with Crippen molar-refractivity contribution in [1.82, 2.24) is 10.6 Å². The van der Waals surface area contributed by atoms with E-state index in [0.29, 0.717) is 11.3 Å². The summed E-state index contributed by atoms with van der Waals surface area (Å²) in [6.45, 7) is 6.76. The molecule has 2 aliphatic rings. The van der Waals surface area contributed by atoms with Crippen LogP contribution in [0, 0.1) is 5.92 Å². The first kappa shape index (κ1) is 13.1. The summed E-state index contributed by atoms with van der Waals surface area (Å²) in [6, 6.07) is 0.347. The van der Waals surface area contributed by atoms with Crippen LogP contribution in [0.15, 0.2) is 0 Å². The number of thioether (sulfide) groups is 1. The highest BCUT2D eigenvalue weighted by Gasteiger charge is 2.52. The average molecular weight is 256 g/mol. The number of nitrogens with one attached hydrogen (secondary N) is 2. The minimum absolute atomic E-state index is 0.0143. The molecule has 17 heavy (non-hydrogen) atoms. The van der Waals surface area contributed by atoms with Crippen molar-refractivity contribution in [3.63, 3.8) is 0 Å². The average Bonchev–Trinajstić information content (AvgIpc) is 2.66. The monoisotopic (exact) mass is 256 g/mol. The van der Waals surface area contributed by atoms with Crippen molar-refractivity contribution in [2.24, 2.45) is 5.92 Å². The van der Waals surface area contributed by atoms with E-state index in [1.807, 2.05) is 11.8 Å². The lowest BCUT2D eigenvalue weighted by atomic mass is 9.88. The summed E-state index contributed by atoms with van der Waals surface area (Å²) in [5.74, 6) is 1.87. The molecule has 2 heterocycles. The van der Waals surface area contributed by atoms with Gasteiger partial charge in [0.25, 0.3) is 0 Å². The molecule has 4 heteroatoms. The van der Waals surface area contributed by atoms with E-state index < -0.39 is 0 Å². The van der Waals surface area contributed by atoms with E-state index in [4.69, 9.17) is 0 Å². The maximum absolute atomic E-state index is 11.4. The summed E-state index contributed by atoms with van der Waals surface area (Å²) in [7, 11) is 0. The zero-order chi connectivity index (χ0) is 12.5. The third-order valence-corrected chi connectivity index (χ3v) is 5.70. The molecule has 0 saturated carbocycles. The highest BCUT2D eigenvalue weighted by molar-refractivity contribution is 8.00. The largest absolute Gasteiger partial charge is 0.332 e. The molecule has 0 radical (unpaired) electrons. The van der Waals surface area contributed by atoms with Gasteiger partial charge in [0.1, 0.15) is 0 Å². The Bertz CT molecular complexity index is 295. The van der Waals surface area contributed by atoms with Crippen LogP contribution in [-0.4, -0.2) is 28.6 Å².